The Labute approximate surface area is 117 Å². The summed E-state index contributed by atoms with van der Waals surface area (Å²) in [6.07, 6.45) is 2.97. The van der Waals surface area contributed by atoms with Crippen LogP contribution in [-0.4, -0.2) is 30.3 Å². The molecule has 1 aromatic carbocycles. The Morgan fingerprint density at radius 3 is 2.50 bits per heavy atom. The van der Waals surface area contributed by atoms with E-state index in [0.29, 0.717) is 10.9 Å². The predicted molar refractivity (Wildman–Crippen MR) is 77.8 cm³/mol. The molecule has 1 heterocycles. The van der Waals surface area contributed by atoms with Crippen molar-refractivity contribution in [2.75, 3.05) is 6.26 Å². The number of fused-ring (bicyclic) bond motifs is 1. The van der Waals surface area contributed by atoms with Crippen LogP contribution in [0.25, 0.3) is 10.9 Å². The third-order valence-corrected chi connectivity index (χ3v) is 3.97. The minimum Gasteiger partial charge on any atom is -0.478 e. The van der Waals surface area contributed by atoms with Crippen molar-refractivity contribution in [1.29, 1.82) is 0 Å². The largest absolute Gasteiger partial charge is 0.478 e. The standard InChI is InChI=1S/C14H17NO4S/c1-9(2)15-7-11(8-20(3,18)19)12-6-10(14(16)17)4-5-13(12)15/h4-7,9H,8H2,1-3H3,(H,16,17). The second kappa shape index (κ2) is 4.94. The van der Waals surface area contributed by atoms with Crippen LogP contribution in [-0.2, 0) is 15.6 Å². The van der Waals surface area contributed by atoms with Gasteiger partial charge in [-0.1, -0.05) is 0 Å². The van der Waals surface area contributed by atoms with Gasteiger partial charge in [-0.3, -0.25) is 0 Å². The molecule has 0 aliphatic rings. The fourth-order valence-corrected chi connectivity index (χ4v) is 3.08. The lowest BCUT2D eigenvalue weighted by atomic mass is 10.1. The first-order valence-electron chi connectivity index (χ1n) is 6.23. The van der Waals surface area contributed by atoms with Gasteiger partial charge in [-0.25, -0.2) is 13.2 Å². The molecule has 2 rings (SSSR count). The van der Waals surface area contributed by atoms with E-state index in [4.69, 9.17) is 5.11 Å². The predicted octanol–water partition coefficient (Wildman–Crippen LogP) is 2.46. The Kier molecular flexibility index (Phi) is 3.60. The average Bonchev–Trinajstić information content (AvgIpc) is 2.65. The molecule has 1 aromatic heterocycles. The Morgan fingerprint density at radius 2 is 2.00 bits per heavy atom. The van der Waals surface area contributed by atoms with Crippen molar-refractivity contribution < 1.29 is 18.3 Å². The Balaban J connectivity index is 2.72. The summed E-state index contributed by atoms with van der Waals surface area (Å²) in [6.45, 7) is 3.99. The molecular weight excluding hydrogens is 278 g/mol. The van der Waals surface area contributed by atoms with Crippen molar-refractivity contribution in [2.24, 2.45) is 0 Å². The highest BCUT2D eigenvalue weighted by molar-refractivity contribution is 7.89. The highest BCUT2D eigenvalue weighted by atomic mass is 32.2. The lowest BCUT2D eigenvalue weighted by Crippen LogP contribution is -2.01. The van der Waals surface area contributed by atoms with E-state index in [0.717, 1.165) is 5.52 Å². The maximum absolute atomic E-state index is 11.5. The third kappa shape index (κ3) is 2.85. The van der Waals surface area contributed by atoms with Crippen molar-refractivity contribution in [1.82, 2.24) is 4.57 Å². The van der Waals surface area contributed by atoms with Gasteiger partial charge in [0, 0.05) is 29.4 Å². The van der Waals surface area contributed by atoms with Gasteiger partial charge >= 0.3 is 5.97 Å². The van der Waals surface area contributed by atoms with Crippen LogP contribution in [0.5, 0.6) is 0 Å². The summed E-state index contributed by atoms with van der Waals surface area (Å²) >= 11 is 0. The summed E-state index contributed by atoms with van der Waals surface area (Å²) in [4.78, 5) is 11.1. The zero-order valence-corrected chi connectivity index (χ0v) is 12.4. The monoisotopic (exact) mass is 295 g/mol. The Hall–Kier alpha value is -1.82. The fourth-order valence-electron chi connectivity index (χ4n) is 2.28. The lowest BCUT2D eigenvalue weighted by Gasteiger charge is -2.08. The molecule has 0 amide bonds. The van der Waals surface area contributed by atoms with E-state index in [1.165, 1.54) is 18.4 Å². The van der Waals surface area contributed by atoms with E-state index in [2.05, 4.69) is 0 Å². The molecule has 0 spiro atoms. The van der Waals surface area contributed by atoms with Crippen LogP contribution in [0, 0.1) is 0 Å². The van der Waals surface area contributed by atoms with Crippen molar-refractivity contribution in [3.05, 3.63) is 35.5 Å². The van der Waals surface area contributed by atoms with Crippen LogP contribution >= 0.6 is 0 Å². The average molecular weight is 295 g/mol. The van der Waals surface area contributed by atoms with Crippen molar-refractivity contribution in [3.8, 4) is 0 Å². The molecule has 108 valence electrons. The van der Waals surface area contributed by atoms with E-state index < -0.39 is 15.8 Å². The number of aromatic carboxylic acids is 1. The van der Waals surface area contributed by atoms with Crippen LogP contribution in [0.15, 0.2) is 24.4 Å². The Bertz CT molecular complexity index is 772. The van der Waals surface area contributed by atoms with Crippen molar-refractivity contribution >= 4 is 26.7 Å². The topological polar surface area (TPSA) is 76.4 Å². The number of carboxylic acid groups (broad SMARTS) is 1. The van der Waals surface area contributed by atoms with Gasteiger partial charge in [0.25, 0.3) is 0 Å². The number of sulfone groups is 1. The summed E-state index contributed by atoms with van der Waals surface area (Å²) in [7, 11) is -3.17. The molecule has 2 aromatic rings. The quantitative estimate of drug-likeness (QED) is 0.940. The van der Waals surface area contributed by atoms with Crippen LogP contribution in [0.2, 0.25) is 0 Å². The molecule has 0 saturated heterocycles. The van der Waals surface area contributed by atoms with E-state index >= 15 is 0 Å². The molecule has 5 nitrogen and oxygen atoms in total. The molecule has 0 unspecified atom stereocenters. The first-order valence-corrected chi connectivity index (χ1v) is 8.29. The van der Waals surface area contributed by atoms with Gasteiger partial charge in [0.15, 0.2) is 9.84 Å². The first kappa shape index (κ1) is 14.6. The van der Waals surface area contributed by atoms with E-state index in [-0.39, 0.29) is 17.4 Å². The van der Waals surface area contributed by atoms with Crippen LogP contribution in [0.4, 0.5) is 0 Å². The molecule has 0 fully saturated rings. The molecule has 0 aliphatic carbocycles. The van der Waals surface area contributed by atoms with Gasteiger partial charge in [0.1, 0.15) is 0 Å². The molecule has 6 heteroatoms. The molecule has 1 N–H and O–H groups in total. The number of hydrogen-bond acceptors (Lipinski definition) is 3. The summed E-state index contributed by atoms with van der Waals surface area (Å²) in [5.74, 6) is -1.11. The summed E-state index contributed by atoms with van der Waals surface area (Å²) in [6, 6.07) is 4.97. The van der Waals surface area contributed by atoms with E-state index in [1.54, 1.807) is 12.3 Å². The summed E-state index contributed by atoms with van der Waals surface area (Å²) < 4.78 is 25.0. The van der Waals surface area contributed by atoms with E-state index in [1.807, 2.05) is 18.4 Å². The lowest BCUT2D eigenvalue weighted by molar-refractivity contribution is 0.0697. The minimum atomic E-state index is -3.17. The number of carboxylic acids is 1. The second-order valence-electron chi connectivity index (χ2n) is 5.26. The van der Waals surface area contributed by atoms with Crippen molar-refractivity contribution in [3.63, 3.8) is 0 Å². The number of hydrogen-bond donors (Lipinski definition) is 1. The van der Waals surface area contributed by atoms with Crippen molar-refractivity contribution in [2.45, 2.75) is 25.6 Å². The normalized spacial score (nSPS) is 12.2. The molecule has 0 bridgehead atoms. The fraction of sp³-hybridized carbons (Fsp3) is 0.357. The summed E-state index contributed by atoms with van der Waals surface area (Å²) in [5, 5.41) is 9.74. The number of benzene rings is 1. The number of nitrogens with zero attached hydrogens (tertiary/aromatic N) is 1. The van der Waals surface area contributed by atoms with Gasteiger partial charge in [0.05, 0.1) is 11.3 Å². The van der Waals surface area contributed by atoms with Crippen LogP contribution in [0.3, 0.4) is 0 Å². The zero-order valence-electron chi connectivity index (χ0n) is 11.6. The number of aromatic nitrogens is 1. The van der Waals surface area contributed by atoms with Gasteiger partial charge in [-0.2, -0.15) is 0 Å². The van der Waals surface area contributed by atoms with Crippen LogP contribution < -0.4 is 0 Å². The zero-order chi connectivity index (χ0) is 15.1. The Morgan fingerprint density at radius 1 is 1.35 bits per heavy atom. The van der Waals surface area contributed by atoms with Gasteiger partial charge < -0.3 is 9.67 Å². The van der Waals surface area contributed by atoms with Gasteiger partial charge in [0.2, 0.25) is 0 Å². The van der Waals surface area contributed by atoms with Gasteiger partial charge in [-0.15, -0.1) is 0 Å². The molecule has 20 heavy (non-hydrogen) atoms. The SMILES string of the molecule is CC(C)n1cc(CS(C)(=O)=O)c2cc(C(=O)O)ccc21. The highest BCUT2D eigenvalue weighted by Gasteiger charge is 2.16. The molecule has 0 aliphatic heterocycles. The highest BCUT2D eigenvalue weighted by Crippen LogP contribution is 2.27. The minimum absolute atomic E-state index is 0.0910. The van der Waals surface area contributed by atoms with E-state index in [9.17, 15) is 13.2 Å². The number of rotatable bonds is 4. The van der Waals surface area contributed by atoms with Crippen LogP contribution in [0.1, 0.15) is 35.8 Å². The molecular formula is C14H17NO4S. The smallest absolute Gasteiger partial charge is 0.335 e. The molecule has 0 radical (unpaired) electrons. The molecule has 0 atom stereocenters. The first-order chi connectivity index (χ1) is 9.19. The third-order valence-electron chi connectivity index (χ3n) is 3.14. The maximum Gasteiger partial charge on any atom is 0.335 e. The second-order valence-corrected chi connectivity index (χ2v) is 7.40. The molecule has 0 saturated carbocycles. The number of carbonyl (C=O) groups is 1. The summed E-state index contributed by atoms with van der Waals surface area (Å²) in [5.41, 5.74) is 1.65. The maximum atomic E-state index is 11.5. The van der Waals surface area contributed by atoms with Gasteiger partial charge in [-0.05, 0) is 37.6 Å².